The van der Waals surface area contributed by atoms with Gasteiger partial charge < -0.3 is 15.4 Å². The molecule has 0 amide bonds. The van der Waals surface area contributed by atoms with Crippen LogP contribution in [0.3, 0.4) is 0 Å². The SMILES string of the molecule is CC(=Nc1ccccc1-c1cc2ccccc2[nH]1)c1cccc(C(=N)Cc2ccccc2-c2cc3ccccc3[nH]2)c1. The molecule has 2 heterocycles. The Bertz CT molecular complexity index is 2040. The first-order valence-electron chi connectivity index (χ1n) is 14.2. The summed E-state index contributed by atoms with van der Waals surface area (Å²) in [7, 11) is 0. The van der Waals surface area contributed by atoms with Crippen molar-refractivity contribution in [3.63, 3.8) is 0 Å². The van der Waals surface area contributed by atoms with E-state index in [0.717, 1.165) is 61.6 Å². The number of rotatable bonds is 7. The molecular formula is C38H30N4. The number of nitrogens with one attached hydrogen (secondary N) is 3. The van der Waals surface area contributed by atoms with Gasteiger partial charge in [0.05, 0.1) is 5.69 Å². The average molecular weight is 543 g/mol. The van der Waals surface area contributed by atoms with Gasteiger partial charge in [-0.25, -0.2) is 0 Å². The summed E-state index contributed by atoms with van der Waals surface area (Å²) in [5, 5.41) is 11.4. The van der Waals surface area contributed by atoms with E-state index in [9.17, 15) is 0 Å². The third-order valence-electron chi connectivity index (χ3n) is 7.85. The van der Waals surface area contributed by atoms with Gasteiger partial charge in [0.25, 0.3) is 0 Å². The predicted octanol–water partition coefficient (Wildman–Crippen LogP) is 9.73. The molecule has 0 spiro atoms. The quantitative estimate of drug-likeness (QED) is 0.168. The number of benzene rings is 5. The summed E-state index contributed by atoms with van der Waals surface area (Å²) in [6.45, 7) is 2.04. The predicted molar refractivity (Wildman–Crippen MR) is 176 cm³/mol. The number of hydrogen-bond donors (Lipinski definition) is 3. The molecule has 0 aliphatic carbocycles. The Kier molecular flexibility index (Phi) is 6.57. The Morgan fingerprint density at radius 2 is 1.17 bits per heavy atom. The van der Waals surface area contributed by atoms with E-state index in [2.05, 4.69) is 101 Å². The first-order chi connectivity index (χ1) is 20.6. The maximum absolute atomic E-state index is 9.04. The Labute approximate surface area is 244 Å². The molecule has 3 N–H and O–H groups in total. The van der Waals surface area contributed by atoms with Gasteiger partial charge in [0.15, 0.2) is 0 Å². The van der Waals surface area contributed by atoms with Crippen LogP contribution in [-0.4, -0.2) is 21.4 Å². The summed E-state index contributed by atoms with van der Waals surface area (Å²) in [5.41, 5.74) is 12.0. The normalized spacial score (nSPS) is 11.8. The van der Waals surface area contributed by atoms with Crippen LogP contribution in [0.2, 0.25) is 0 Å². The van der Waals surface area contributed by atoms with E-state index < -0.39 is 0 Å². The van der Waals surface area contributed by atoms with Crippen LogP contribution < -0.4 is 0 Å². The average Bonchev–Trinajstić information content (AvgIpc) is 3.66. The van der Waals surface area contributed by atoms with Crippen molar-refractivity contribution in [2.75, 3.05) is 0 Å². The number of aliphatic imine (C=N–C) groups is 1. The fourth-order valence-corrected chi connectivity index (χ4v) is 5.64. The van der Waals surface area contributed by atoms with Gasteiger partial charge in [0, 0.05) is 62.2 Å². The highest BCUT2D eigenvalue weighted by atomic mass is 14.8. The highest BCUT2D eigenvalue weighted by Crippen LogP contribution is 2.33. The van der Waals surface area contributed by atoms with Crippen molar-refractivity contribution in [3.05, 3.63) is 150 Å². The Balaban J connectivity index is 1.17. The lowest BCUT2D eigenvalue weighted by Gasteiger charge is -2.11. The fourth-order valence-electron chi connectivity index (χ4n) is 5.64. The van der Waals surface area contributed by atoms with Gasteiger partial charge in [0.1, 0.15) is 0 Å². The summed E-state index contributed by atoms with van der Waals surface area (Å²) < 4.78 is 0. The molecule has 2 aromatic heterocycles. The molecule has 4 nitrogen and oxygen atoms in total. The molecule has 5 aromatic carbocycles. The van der Waals surface area contributed by atoms with Gasteiger partial charge in [-0.15, -0.1) is 0 Å². The summed E-state index contributed by atoms with van der Waals surface area (Å²) in [5.74, 6) is 0. The van der Waals surface area contributed by atoms with Crippen LogP contribution in [0.1, 0.15) is 23.6 Å². The molecule has 0 saturated heterocycles. The summed E-state index contributed by atoms with van der Waals surface area (Å²) in [4.78, 5) is 12.1. The molecule has 0 aliphatic heterocycles. The van der Waals surface area contributed by atoms with Crippen molar-refractivity contribution in [1.29, 1.82) is 5.41 Å². The zero-order valence-electron chi connectivity index (χ0n) is 23.4. The number of aromatic nitrogens is 2. The van der Waals surface area contributed by atoms with Gasteiger partial charge in [-0.2, -0.15) is 0 Å². The molecule has 0 aliphatic rings. The van der Waals surface area contributed by atoms with E-state index in [-0.39, 0.29) is 0 Å². The molecule has 0 saturated carbocycles. The minimum Gasteiger partial charge on any atom is -0.355 e. The van der Waals surface area contributed by atoms with E-state index in [0.29, 0.717) is 12.1 Å². The molecule has 4 heteroatoms. The van der Waals surface area contributed by atoms with Gasteiger partial charge >= 0.3 is 0 Å². The molecule has 0 bridgehead atoms. The van der Waals surface area contributed by atoms with Crippen molar-refractivity contribution < 1.29 is 0 Å². The fraction of sp³-hybridized carbons (Fsp3) is 0.0526. The van der Waals surface area contributed by atoms with Gasteiger partial charge in [-0.3, -0.25) is 4.99 Å². The molecule has 202 valence electrons. The zero-order valence-corrected chi connectivity index (χ0v) is 23.4. The summed E-state index contributed by atoms with van der Waals surface area (Å²) in [6.07, 6.45) is 0.536. The molecule has 42 heavy (non-hydrogen) atoms. The van der Waals surface area contributed by atoms with Gasteiger partial charge in [-0.05, 0) is 60.0 Å². The monoisotopic (exact) mass is 542 g/mol. The van der Waals surface area contributed by atoms with Crippen LogP contribution in [0.4, 0.5) is 5.69 Å². The molecule has 0 radical (unpaired) electrons. The van der Waals surface area contributed by atoms with Crippen molar-refractivity contribution in [2.45, 2.75) is 13.3 Å². The number of para-hydroxylation sites is 3. The topological polar surface area (TPSA) is 67.8 Å². The first kappa shape index (κ1) is 25.5. The van der Waals surface area contributed by atoms with E-state index >= 15 is 0 Å². The molecule has 0 unspecified atom stereocenters. The second-order valence-corrected chi connectivity index (χ2v) is 10.6. The van der Waals surface area contributed by atoms with Crippen molar-refractivity contribution in [3.8, 4) is 22.5 Å². The van der Waals surface area contributed by atoms with Crippen LogP contribution >= 0.6 is 0 Å². The van der Waals surface area contributed by atoms with E-state index in [1.165, 1.54) is 10.8 Å². The molecule has 7 aromatic rings. The van der Waals surface area contributed by atoms with E-state index in [4.69, 9.17) is 10.4 Å². The van der Waals surface area contributed by atoms with Gasteiger partial charge in [0.2, 0.25) is 0 Å². The number of nitrogens with zero attached hydrogens (tertiary/aromatic N) is 1. The van der Waals surface area contributed by atoms with E-state index in [1.807, 2.05) is 49.4 Å². The second kappa shape index (κ2) is 10.8. The summed E-state index contributed by atoms with van der Waals surface area (Å²) in [6, 6.07) is 45.8. The van der Waals surface area contributed by atoms with Crippen molar-refractivity contribution >= 4 is 38.9 Å². The number of fused-ring (bicyclic) bond motifs is 2. The molecule has 0 fully saturated rings. The van der Waals surface area contributed by atoms with Crippen molar-refractivity contribution in [1.82, 2.24) is 9.97 Å². The van der Waals surface area contributed by atoms with Crippen LogP contribution in [-0.2, 0) is 6.42 Å². The van der Waals surface area contributed by atoms with Gasteiger partial charge in [-0.1, -0.05) is 97.1 Å². The smallest absolute Gasteiger partial charge is 0.0726 e. The Morgan fingerprint density at radius 1 is 0.595 bits per heavy atom. The Morgan fingerprint density at radius 3 is 1.88 bits per heavy atom. The lowest BCUT2D eigenvalue weighted by Crippen LogP contribution is -2.06. The number of H-pyrrole nitrogens is 2. The minimum atomic E-state index is 0.536. The first-order valence-corrected chi connectivity index (χ1v) is 14.2. The largest absolute Gasteiger partial charge is 0.355 e. The summed E-state index contributed by atoms with van der Waals surface area (Å²) >= 11 is 0. The van der Waals surface area contributed by atoms with Crippen LogP contribution in [0.5, 0.6) is 0 Å². The Hall–Kier alpha value is -5.48. The second-order valence-electron chi connectivity index (χ2n) is 10.6. The third-order valence-corrected chi connectivity index (χ3v) is 7.85. The molecular weight excluding hydrogens is 512 g/mol. The maximum atomic E-state index is 9.04. The standard InChI is InChI=1S/C38H30N4/c1-25(40-36-20-9-6-17-32(36)38-24-30-13-4-8-19-35(30)42-38)26-14-10-15-28(21-26)33(39)22-27-11-2-5-16-31(27)37-23-29-12-3-7-18-34(29)41-37/h2-21,23-24,39,41-42H,22H2,1H3. The highest BCUT2D eigenvalue weighted by Gasteiger charge is 2.13. The van der Waals surface area contributed by atoms with Crippen LogP contribution in [0, 0.1) is 5.41 Å². The maximum Gasteiger partial charge on any atom is 0.0726 e. The number of aromatic amines is 2. The van der Waals surface area contributed by atoms with Crippen LogP contribution in [0.15, 0.2) is 138 Å². The minimum absolute atomic E-state index is 0.536. The van der Waals surface area contributed by atoms with E-state index in [1.54, 1.807) is 0 Å². The molecule has 0 atom stereocenters. The van der Waals surface area contributed by atoms with Crippen LogP contribution in [0.25, 0.3) is 44.3 Å². The lowest BCUT2D eigenvalue weighted by atomic mass is 9.95. The third kappa shape index (κ3) is 4.95. The lowest BCUT2D eigenvalue weighted by molar-refractivity contribution is 1.26. The molecule has 7 rings (SSSR count). The van der Waals surface area contributed by atoms with Crippen molar-refractivity contribution in [2.24, 2.45) is 4.99 Å². The highest BCUT2D eigenvalue weighted by molar-refractivity contribution is 6.06. The zero-order chi connectivity index (χ0) is 28.5. The number of hydrogen-bond acceptors (Lipinski definition) is 2.